The number of H-pyrrole nitrogens is 1. The zero-order chi connectivity index (χ0) is 32.8. The number of rotatable bonds is 9. The Morgan fingerprint density at radius 2 is 1.86 bits per heavy atom. The summed E-state index contributed by atoms with van der Waals surface area (Å²) in [6.45, 7) is 16.3. The van der Waals surface area contributed by atoms with E-state index in [9.17, 15) is 14.4 Å². The number of aliphatic carboxylic acids is 1. The number of amides is 1. The zero-order valence-corrected chi connectivity index (χ0v) is 27.1. The maximum absolute atomic E-state index is 13.6. The third-order valence-corrected chi connectivity index (χ3v) is 8.41. The zero-order valence-electron chi connectivity index (χ0n) is 27.1. The number of hydrogen-bond acceptors (Lipinski definition) is 8. The van der Waals surface area contributed by atoms with Crippen molar-refractivity contribution >= 4 is 41.4 Å². The summed E-state index contributed by atoms with van der Waals surface area (Å²) in [5.74, 6) is -2.11. The minimum atomic E-state index is -1.03. The highest BCUT2D eigenvalue weighted by Crippen LogP contribution is 2.32. The molecule has 4 bridgehead atoms. The summed E-state index contributed by atoms with van der Waals surface area (Å²) in [6, 6.07) is 0. The highest BCUT2D eigenvalue weighted by atomic mass is 16.5. The number of aliphatic imine (C=N–C) groups is 2. The standard InChI is InChI=1S/C33H45N5O6/c1-10-22-17-35-21(6)24(15-29(41)43-8)31-30(32(42)34-13-12-28(39)40)20(5)26(37-31)16-27-23(11-2)19(4)25(36-27)14-18(3)38-33(22,7)44-9/h14,16,22,36,38H,3,10-13,15,17H2,1-2,4-9H3,(H,34,42)(H,39,40)/b25-14-,27-16?,31-24-,35-21?/t22-,33?/m1/s1. The van der Waals surface area contributed by atoms with E-state index in [2.05, 4.69) is 36.0 Å². The van der Waals surface area contributed by atoms with Gasteiger partial charge in [-0.1, -0.05) is 20.4 Å². The van der Waals surface area contributed by atoms with Crippen molar-refractivity contribution in [2.24, 2.45) is 15.9 Å². The van der Waals surface area contributed by atoms with Crippen molar-refractivity contribution in [1.29, 1.82) is 0 Å². The molecule has 0 saturated carbocycles. The molecule has 44 heavy (non-hydrogen) atoms. The number of nitrogens with zero attached hydrogens (tertiary/aromatic N) is 2. The SMILES string of the molecule is C=C1/C=c2\[nH]c(c(CC)c2C)=CC2=N/C(=C(/CC(=O)OC)C(C)=NC[C@@H](CC)C(C)(OC)N1)C(C(=O)NCCC(=O)O)=C2C. The Balaban J connectivity index is 2.41. The van der Waals surface area contributed by atoms with Crippen LogP contribution in [0.4, 0.5) is 0 Å². The minimum Gasteiger partial charge on any atom is -0.481 e. The molecule has 2 atom stereocenters. The van der Waals surface area contributed by atoms with Gasteiger partial charge in [-0.25, -0.2) is 4.99 Å². The molecule has 0 spiro atoms. The summed E-state index contributed by atoms with van der Waals surface area (Å²) in [6.07, 6.45) is 4.93. The van der Waals surface area contributed by atoms with Crippen molar-refractivity contribution in [3.8, 4) is 0 Å². The topological polar surface area (TPSA) is 154 Å². The van der Waals surface area contributed by atoms with Gasteiger partial charge in [0.1, 0.15) is 5.72 Å². The molecule has 3 rings (SSSR count). The van der Waals surface area contributed by atoms with E-state index in [1.807, 2.05) is 26.0 Å². The second-order valence-corrected chi connectivity index (χ2v) is 11.2. The van der Waals surface area contributed by atoms with Gasteiger partial charge >= 0.3 is 11.9 Å². The molecule has 4 N–H and O–H groups in total. The number of esters is 1. The third-order valence-electron chi connectivity index (χ3n) is 8.41. The Kier molecular flexibility index (Phi) is 11.3. The highest BCUT2D eigenvalue weighted by Gasteiger charge is 2.34. The number of carboxylic acids is 1. The summed E-state index contributed by atoms with van der Waals surface area (Å²) in [5, 5.41) is 17.0. The first-order chi connectivity index (χ1) is 20.8. The molecule has 0 saturated heterocycles. The van der Waals surface area contributed by atoms with E-state index in [-0.39, 0.29) is 30.9 Å². The number of carbonyl (C=O) groups is 3. The molecule has 0 fully saturated rings. The van der Waals surface area contributed by atoms with E-state index in [0.717, 1.165) is 34.7 Å². The Morgan fingerprint density at radius 1 is 1.16 bits per heavy atom. The monoisotopic (exact) mass is 607 g/mol. The average Bonchev–Trinajstić information content (AvgIpc) is 3.45. The molecule has 1 aromatic heterocycles. The molecule has 0 aromatic carbocycles. The van der Waals surface area contributed by atoms with Crippen LogP contribution in [0.1, 0.15) is 65.0 Å². The van der Waals surface area contributed by atoms with Gasteiger partial charge in [0, 0.05) is 53.8 Å². The number of methoxy groups -OCH3 is 2. The van der Waals surface area contributed by atoms with Gasteiger partial charge in [-0.2, -0.15) is 0 Å². The summed E-state index contributed by atoms with van der Waals surface area (Å²) in [4.78, 5) is 50.7. The lowest BCUT2D eigenvalue weighted by Gasteiger charge is -2.37. The average molecular weight is 608 g/mol. The Hall–Kier alpha value is -4.25. The number of nitrogens with one attached hydrogen (secondary N) is 3. The number of fused-ring (bicyclic) bond motifs is 3. The third kappa shape index (κ3) is 7.45. The molecule has 11 heteroatoms. The Bertz CT molecular complexity index is 1590. The molecule has 11 nitrogen and oxygen atoms in total. The Labute approximate surface area is 258 Å². The number of aromatic amines is 1. The first-order valence-electron chi connectivity index (χ1n) is 14.8. The van der Waals surface area contributed by atoms with Crippen LogP contribution >= 0.6 is 0 Å². The van der Waals surface area contributed by atoms with Crippen LogP contribution in [0.15, 0.2) is 44.7 Å². The number of aromatic nitrogens is 1. The molecular formula is C33H45N5O6. The van der Waals surface area contributed by atoms with Gasteiger partial charge in [-0.05, 0) is 69.4 Å². The first kappa shape index (κ1) is 34.2. The summed E-state index contributed by atoms with van der Waals surface area (Å²) >= 11 is 0. The van der Waals surface area contributed by atoms with Crippen LogP contribution in [0.25, 0.3) is 12.2 Å². The van der Waals surface area contributed by atoms with E-state index < -0.39 is 23.6 Å². The predicted octanol–water partition coefficient (Wildman–Crippen LogP) is 2.59. The van der Waals surface area contributed by atoms with Gasteiger partial charge < -0.3 is 30.2 Å². The lowest BCUT2D eigenvalue weighted by atomic mass is 9.93. The van der Waals surface area contributed by atoms with Crippen LogP contribution in [0.2, 0.25) is 0 Å². The normalized spacial score (nSPS) is 23.1. The number of hydrogen-bond donors (Lipinski definition) is 4. The number of carbonyl (C=O) groups excluding carboxylic acids is 2. The van der Waals surface area contributed by atoms with Crippen LogP contribution in [0.3, 0.4) is 0 Å². The van der Waals surface area contributed by atoms with E-state index in [4.69, 9.17) is 24.6 Å². The van der Waals surface area contributed by atoms with Gasteiger partial charge in [0.25, 0.3) is 5.91 Å². The number of carboxylic acid groups (broad SMARTS) is 1. The largest absolute Gasteiger partial charge is 0.481 e. The van der Waals surface area contributed by atoms with Gasteiger partial charge in [-0.15, -0.1) is 0 Å². The van der Waals surface area contributed by atoms with Gasteiger partial charge in [-0.3, -0.25) is 19.4 Å². The Morgan fingerprint density at radius 3 is 2.45 bits per heavy atom. The summed E-state index contributed by atoms with van der Waals surface area (Å²) in [7, 11) is 2.94. The van der Waals surface area contributed by atoms with Crippen LogP contribution in [-0.2, 0) is 30.3 Å². The van der Waals surface area contributed by atoms with Crippen LogP contribution in [0.5, 0.6) is 0 Å². The quantitative estimate of drug-likeness (QED) is 0.315. The van der Waals surface area contributed by atoms with Crippen molar-refractivity contribution in [3.63, 3.8) is 0 Å². The van der Waals surface area contributed by atoms with E-state index >= 15 is 0 Å². The predicted molar refractivity (Wildman–Crippen MR) is 172 cm³/mol. The molecule has 238 valence electrons. The molecule has 1 aromatic rings. The van der Waals surface area contributed by atoms with Crippen molar-refractivity contribution in [3.05, 3.63) is 56.5 Å². The molecular weight excluding hydrogens is 562 g/mol. The minimum absolute atomic E-state index is 0.0592. The number of allylic oxidation sites excluding steroid dienone is 2. The van der Waals surface area contributed by atoms with Crippen LogP contribution in [-0.4, -0.2) is 72.4 Å². The van der Waals surface area contributed by atoms with Gasteiger partial charge in [0.15, 0.2) is 0 Å². The summed E-state index contributed by atoms with van der Waals surface area (Å²) in [5.41, 5.74) is 4.69. The second kappa shape index (κ2) is 14.5. The fourth-order valence-corrected chi connectivity index (χ4v) is 5.60. The molecule has 0 radical (unpaired) electrons. The number of ether oxygens (including phenoxy) is 2. The lowest BCUT2D eigenvalue weighted by Crippen LogP contribution is -2.50. The van der Waals surface area contributed by atoms with Crippen molar-refractivity contribution in [1.82, 2.24) is 15.6 Å². The maximum Gasteiger partial charge on any atom is 0.310 e. The molecule has 0 aliphatic carbocycles. The van der Waals surface area contributed by atoms with E-state index in [1.165, 1.54) is 7.11 Å². The molecule has 2 aliphatic heterocycles. The molecule has 1 amide bonds. The smallest absolute Gasteiger partial charge is 0.310 e. The molecule has 1 unspecified atom stereocenters. The van der Waals surface area contributed by atoms with Gasteiger partial charge in [0.05, 0.1) is 36.9 Å². The molecule has 3 heterocycles. The second-order valence-electron chi connectivity index (χ2n) is 11.2. The maximum atomic E-state index is 13.6. The van der Waals surface area contributed by atoms with Gasteiger partial charge in [0.2, 0.25) is 0 Å². The van der Waals surface area contributed by atoms with E-state index in [0.29, 0.717) is 40.5 Å². The van der Waals surface area contributed by atoms with Crippen LogP contribution < -0.4 is 21.3 Å². The van der Waals surface area contributed by atoms with Crippen molar-refractivity contribution in [2.75, 3.05) is 27.3 Å². The first-order valence-corrected chi connectivity index (χ1v) is 14.8. The van der Waals surface area contributed by atoms with Crippen molar-refractivity contribution in [2.45, 2.75) is 73.0 Å². The fourth-order valence-electron chi connectivity index (χ4n) is 5.60. The van der Waals surface area contributed by atoms with Crippen LogP contribution in [0, 0.1) is 12.8 Å². The lowest BCUT2D eigenvalue weighted by molar-refractivity contribution is -0.140. The molecule has 2 aliphatic rings. The summed E-state index contributed by atoms with van der Waals surface area (Å²) < 4.78 is 11.0. The van der Waals surface area contributed by atoms with Crippen molar-refractivity contribution < 1.29 is 29.0 Å². The van der Waals surface area contributed by atoms with E-state index in [1.54, 1.807) is 21.0 Å². The fraction of sp³-hybridized carbons (Fsp3) is 0.485. The highest BCUT2D eigenvalue weighted by molar-refractivity contribution is 6.27.